The maximum Gasteiger partial charge on any atom is 0.255 e. The molecule has 0 radical (unpaired) electrons. The zero-order chi connectivity index (χ0) is 21.2. The summed E-state index contributed by atoms with van der Waals surface area (Å²) in [5.41, 5.74) is 3.37. The molecule has 8 heteroatoms. The Balaban J connectivity index is 1.50. The number of aromatic nitrogens is 4. The smallest absolute Gasteiger partial charge is 0.255 e. The van der Waals surface area contributed by atoms with Gasteiger partial charge in [-0.1, -0.05) is 30.3 Å². The van der Waals surface area contributed by atoms with E-state index >= 15 is 0 Å². The summed E-state index contributed by atoms with van der Waals surface area (Å²) in [6.07, 6.45) is 2.99. The SMILES string of the molecule is Cn1c(N2CCOC(c3ccccc3-c3cccs3)C2)nc(-c2ccncn2)cc1=O. The molecule has 1 atom stereocenters. The average molecular weight is 432 g/mol. The summed E-state index contributed by atoms with van der Waals surface area (Å²) >= 11 is 1.72. The van der Waals surface area contributed by atoms with Gasteiger partial charge in [0.05, 0.1) is 24.5 Å². The Bertz CT molecular complexity index is 1240. The summed E-state index contributed by atoms with van der Waals surface area (Å²) in [6, 6.07) is 15.8. The lowest BCUT2D eigenvalue weighted by Crippen LogP contribution is -2.41. The predicted molar refractivity (Wildman–Crippen MR) is 121 cm³/mol. The molecule has 0 N–H and O–H groups in total. The molecular weight excluding hydrogens is 410 g/mol. The maximum absolute atomic E-state index is 12.7. The van der Waals surface area contributed by atoms with Crippen LogP contribution < -0.4 is 10.5 Å². The van der Waals surface area contributed by atoms with Crippen molar-refractivity contribution in [3.05, 3.63) is 82.4 Å². The highest BCUT2D eigenvalue weighted by Gasteiger charge is 2.27. The molecular formula is C23H21N5O2S. The molecule has 3 aromatic heterocycles. The second-order valence-electron chi connectivity index (χ2n) is 7.30. The fraction of sp³-hybridized carbons (Fsp3) is 0.217. The standard InChI is InChI=1S/C23H21N5O2S/c1-27-22(29)13-19(18-8-9-24-15-25-18)26-23(27)28-10-11-30-20(14-28)16-5-2-3-6-17(16)21-7-4-12-31-21/h2-9,12-13,15,20H,10-11,14H2,1H3. The lowest BCUT2D eigenvalue weighted by atomic mass is 10.00. The fourth-order valence-corrected chi connectivity index (χ4v) is 4.61. The van der Waals surface area contributed by atoms with E-state index in [1.807, 2.05) is 6.07 Å². The van der Waals surface area contributed by atoms with Gasteiger partial charge in [-0.2, -0.15) is 0 Å². The van der Waals surface area contributed by atoms with E-state index in [1.165, 1.54) is 22.8 Å². The lowest BCUT2D eigenvalue weighted by Gasteiger charge is -2.35. The fourth-order valence-electron chi connectivity index (χ4n) is 3.84. The van der Waals surface area contributed by atoms with Gasteiger partial charge in [0.2, 0.25) is 5.95 Å². The molecule has 0 saturated carbocycles. The van der Waals surface area contributed by atoms with Crippen molar-refractivity contribution in [2.45, 2.75) is 6.10 Å². The van der Waals surface area contributed by atoms with Gasteiger partial charge >= 0.3 is 0 Å². The minimum absolute atomic E-state index is 0.119. The summed E-state index contributed by atoms with van der Waals surface area (Å²) in [5, 5.41) is 2.08. The largest absolute Gasteiger partial charge is 0.370 e. The zero-order valence-corrected chi connectivity index (χ0v) is 17.8. The molecule has 0 bridgehead atoms. The first-order valence-corrected chi connectivity index (χ1v) is 10.9. The Morgan fingerprint density at radius 1 is 1.13 bits per heavy atom. The van der Waals surface area contributed by atoms with Gasteiger partial charge in [-0.15, -0.1) is 11.3 Å². The Labute approximate surface area is 183 Å². The second kappa shape index (κ2) is 8.41. The Kier molecular flexibility index (Phi) is 5.31. The molecule has 0 aliphatic carbocycles. The molecule has 4 heterocycles. The van der Waals surface area contributed by atoms with Crippen LogP contribution in [0.4, 0.5) is 5.95 Å². The second-order valence-corrected chi connectivity index (χ2v) is 8.25. The highest BCUT2D eigenvalue weighted by atomic mass is 32.1. The van der Waals surface area contributed by atoms with Crippen molar-refractivity contribution in [3.63, 3.8) is 0 Å². The molecule has 1 aromatic carbocycles. The van der Waals surface area contributed by atoms with Crippen LogP contribution in [-0.4, -0.2) is 39.2 Å². The number of morpholine rings is 1. The minimum atomic E-state index is -0.124. The van der Waals surface area contributed by atoms with E-state index < -0.39 is 0 Å². The van der Waals surface area contributed by atoms with E-state index in [-0.39, 0.29) is 11.7 Å². The van der Waals surface area contributed by atoms with Crippen LogP contribution in [0.1, 0.15) is 11.7 Å². The lowest BCUT2D eigenvalue weighted by molar-refractivity contribution is 0.0393. The van der Waals surface area contributed by atoms with Crippen LogP contribution in [0.5, 0.6) is 0 Å². The molecule has 1 fully saturated rings. The third-order valence-electron chi connectivity index (χ3n) is 5.40. The number of anilines is 1. The van der Waals surface area contributed by atoms with E-state index in [0.717, 1.165) is 5.56 Å². The number of nitrogens with zero attached hydrogens (tertiary/aromatic N) is 5. The first-order chi connectivity index (χ1) is 15.2. The summed E-state index contributed by atoms with van der Waals surface area (Å²) < 4.78 is 7.75. The van der Waals surface area contributed by atoms with E-state index in [4.69, 9.17) is 9.72 Å². The monoisotopic (exact) mass is 431 g/mol. The van der Waals surface area contributed by atoms with E-state index in [0.29, 0.717) is 37.0 Å². The highest BCUT2D eigenvalue weighted by molar-refractivity contribution is 7.13. The van der Waals surface area contributed by atoms with Crippen molar-refractivity contribution in [1.82, 2.24) is 19.5 Å². The number of hydrogen-bond donors (Lipinski definition) is 0. The van der Waals surface area contributed by atoms with Crippen molar-refractivity contribution in [2.75, 3.05) is 24.6 Å². The van der Waals surface area contributed by atoms with Crippen molar-refractivity contribution in [3.8, 4) is 21.8 Å². The quantitative estimate of drug-likeness (QED) is 0.492. The van der Waals surface area contributed by atoms with Gasteiger partial charge in [0.25, 0.3) is 5.56 Å². The normalized spacial score (nSPS) is 16.4. The molecule has 4 aromatic rings. The third kappa shape index (κ3) is 3.87. The number of thiophene rings is 1. The Hall–Kier alpha value is -3.36. The van der Waals surface area contributed by atoms with Crippen LogP contribution in [0.15, 0.2) is 71.2 Å². The van der Waals surface area contributed by atoms with Crippen LogP contribution >= 0.6 is 11.3 Å². The molecule has 5 rings (SSSR count). The summed E-state index contributed by atoms with van der Waals surface area (Å²) in [4.78, 5) is 29.0. The van der Waals surface area contributed by atoms with Gasteiger partial charge in [0.15, 0.2) is 0 Å². The predicted octanol–water partition coefficient (Wildman–Crippen LogP) is 3.54. The topological polar surface area (TPSA) is 73.1 Å². The average Bonchev–Trinajstić information content (AvgIpc) is 3.36. The number of benzene rings is 1. The molecule has 31 heavy (non-hydrogen) atoms. The van der Waals surface area contributed by atoms with Crippen LogP contribution in [0.25, 0.3) is 21.8 Å². The van der Waals surface area contributed by atoms with Crippen molar-refractivity contribution in [2.24, 2.45) is 7.05 Å². The van der Waals surface area contributed by atoms with E-state index in [1.54, 1.807) is 35.2 Å². The maximum atomic E-state index is 12.7. The first-order valence-electron chi connectivity index (χ1n) is 10.0. The van der Waals surface area contributed by atoms with E-state index in [9.17, 15) is 4.79 Å². The van der Waals surface area contributed by atoms with Crippen LogP contribution in [-0.2, 0) is 11.8 Å². The van der Waals surface area contributed by atoms with Gasteiger partial charge in [-0.3, -0.25) is 9.36 Å². The number of ether oxygens (including phenoxy) is 1. The van der Waals surface area contributed by atoms with E-state index in [2.05, 4.69) is 50.6 Å². The molecule has 7 nitrogen and oxygen atoms in total. The van der Waals surface area contributed by atoms with Crippen molar-refractivity contribution in [1.29, 1.82) is 0 Å². The van der Waals surface area contributed by atoms with Crippen molar-refractivity contribution >= 4 is 17.3 Å². The number of hydrogen-bond acceptors (Lipinski definition) is 7. The molecule has 1 saturated heterocycles. The van der Waals surface area contributed by atoms with Gasteiger partial charge in [0.1, 0.15) is 12.4 Å². The zero-order valence-electron chi connectivity index (χ0n) is 17.0. The summed E-state index contributed by atoms with van der Waals surface area (Å²) in [6.45, 7) is 1.82. The number of rotatable bonds is 4. The molecule has 1 aliphatic heterocycles. The molecule has 156 valence electrons. The van der Waals surface area contributed by atoms with Crippen molar-refractivity contribution < 1.29 is 4.74 Å². The van der Waals surface area contributed by atoms with Gasteiger partial charge < -0.3 is 9.64 Å². The van der Waals surface area contributed by atoms with Crippen LogP contribution in [0.3, 0.4) is 0 Å². The van der Waals surface area contributed by atoms with Gasteiger partial charge in [-0.05, 0) is 28.6 Å². The molecule has 1 aliphatic rings. The third-order valence-corrected chi connectivity index (χ3v) is 6.30. The Morgan fingerprint density at radius 3 is 2.84 bits per heavy atom. The summed E-state index contributed by atoms with van der Waals surface area (Å²) in [5.74, 6) is 0.614. The Morgan fingerprint density at radius 2 is 2.03 bits per heavy atom. The first kappa shape index (κ1) is 19.6. The van der Waals surface area contributed by atoms with Crippen LogP contribution in [0, 0.1) is 0 Å². The minimum Gasteiger partial charge on any atom is -0.370 e. The van der Waals surface area contributed by atoms with Crippen LogP contribution in [0.2, 0.25) is 0 Å². The van der Waals surface area contributed by atoms with Gasteiger partial charge in [0, 0.05) is 30.7 Å². The van der Waals surface area contributed by atoms with Gasteiger partial charge in [-0.25, -0.2) is 15.0 Å². The summed E-state index contributed by atoms with van der Waals surface area (Å²) in [7, 11) is 1.75. The molecule has 0 spiro atoms. The molecule has 0 amide bonds. The highest BCUT2D eigenvalue weighted by Crippen LogP contribution is 2.35. The molecule has 1 unspecified atom stereocenters.